The third-order valence-corrected chi connectivity index (χ3v) is 11.3. The van der Waals surface area contributed by atoms with E-state index in [2.05, 4.69) is 36.0 Å². The molecule has 1 unspecified atom stereocenters. The molecule has 3 fully saturated rings. The van der Waals surface area contributed by atoms with E-state index in [-0.39, 0.29) is 42.4 Å². The Morgan fingerprint density at radius 2 is 2.00 bits per heavy atom. The first kappa shape index (κ1) is 36.2. The summed E-state index contributed by atoms with van der Waals surface area (Å²) in [6.45, 7) is 7.12. The van der Waals surface area contributed by atoms with Crippen LogP contribution in [0.15, 0.2) is 42.6 Å². The fourth-order valence-electron chi connectivity index (χ4n) is 6.73. The Morgan fingerprint density at radius 3 is 2.72 bits per heavy atom. The summed E-state index contributed by atoms with van der Waals surface area (Å²) in [4.78, 5) is 34.1. The van der Waals surface area contributed by atoms with Gasteiger partial charge >= 0.3 is 0 Å². The standard InChI is InChI=1S/C38H52N6O5S/c1-24(2)31-17-19-44(41-31)34-21-33(30-15-16-32(48-5)25(3)35(30)39-34)49-28-12-11-26(20-28)36(46)40-38(37(47)42-50-29-13-14-29)22-27(38)10-8-6-7-9-18-43(4)23-45/h8,10,15-17,19,21,24,26-29,45H,6-7,9,11-14,18,20,22-23H2,1-5H3,(H,40,46)(H,42,47)/b10-8-/t26-,27?,28-,38+/m0/s1. The molecule has 3 aromatic rings. The Hall–Kier alpha value is -3.61. The first-order chi connectivity index (χ1) is 24.1. The second kappa shape index (κ2) is 15.7. The van der Waals surface area contributed by atoms with Gasteiger partial charge in [-0.25, -0.2) is 9.67 Å². The Morgan fingerprint density at radius 1 is 1.18 bits per heavy atom. The molecule has 0 bridgehead atoms. The van der Waals surface area contributed by atoms with Crippen molar-refractivity contribution in [3.8, 4) is 17.3 Å². The van der Waals surface area contributed by atoms with Crippen LogP contribution in [-0.4, -0.2) is 80.9 Å². The summed E-state index contributed by atoms with van der Waals surface area (Å²) in [6.07, 6.45) is 13.7. The molecule has 50 heavy (non-hydrogen) atoms. The van der Waals surface area contributed by atoms with Crippen molar-refractivity contribution in [1.29, 1.82) is 0 Å². The highest BCUT2D eigenvalue weighted by atomic mass is 32.2. The molecule has 11 nitrogen and oxygen atoms in total. The first-order valence-electron chi connectivity index (χ1n) is 18.1. The molecule has 1 aromatic carbocycles. The van der Waals surface area contributed by atoms with Crippen LogP contribution in [0, 0.1) is 18.8 Å². The van der Waals surface area contributed by atoms with E-state index in [1.54, 1.807) is 11.8 Å². The number of amides is 2. The summed E-state index contributed by atoms with van der Waals surface area (Å²) in [6, 6.07) is 7.85. The average Bonchev–Trinajstić information content (AvgIpc) is 3.94. The summed E-state index contributed by atoms with van der Waals surface area (Å²) in [5, 5.41) is 18.5. The Labute approximate surface area is 299 Å². The second-order valence-corrected chi connectivity index (χ2v) is 15.6. The van der Waals surface area contributed by atoms with Crippen LogP contribution in [0.2, 0.25) is 0 Å². The summed E-state index contributed by atoms with van der Waals surface area (Å²) >= 11 is 1.49. The molecule has 4 atom stereocenters. The number of hydrogen-bond acceptors (Lipinski definition) is 9. The van der Waals surface area contributed by atoms with Gasteiger partial charge in [-0.1, -0.05) is 26.0 Å². The molecule has 3 N–H and O–H groups in total. The van der Waals surface area contributed by atoms with Gasteiger partial charge in [0.2, 0.25) is 5.91 Å². The third kappa shape index (κ3) is 8.29. The maximum Gasteiger partial charge on any atom is 0.256 e. The molecule has 0 saturated heterocycles. The van der Waals surface area contributed by atoms with Gasteiger partial charge in [-0.05, 0) is 114 Å². The number of benzene rings is 1. The first-order valence-corrected chi connectivity index (χ1v) is 18.9. The van der Waals surface area contributed by atoms with Crippen molar-refractivity contribution in [2.24, 2.45) is 11.8 Å². The van der Waals surface area contributed by atoms with Crippen LogP contribution in [0.25, 0.3) is 16.7 Å². The van der Waals surface area contributed by atoms with Crippen molar-refractivity contribution in [3.05, 3.63) is 53.9 Å². The maximum atomic E-state index is 13.8. The zero-order valence-electron chi connectivity index (χ0n) is 30.0. The summed E-state index contributed by atoms with van der Waals surface area (Å²) < 4.78 is 17.1. The van der Waals surface area contributed by atoms with Gasteiger partial charge in [-0.2, -0.15) is 5.10 Å². The molecule has 0 spiro atoms. The number of nitrogens with one attached hydrogen (secondary N) is 2. The number of methoxy groups -OCH3 is 1. The number of carbonyl (C=O) groups excluding carboxylic acids is 2. The summed E-state index contributed by atoms with van der Waals surface area (Å²) in [7, 11) is 3.55. The van der Waals surface area contributed by atoms with Crippen molar-refractivity contribution >= 4 is 34.7 Å². The molecule has 270 valence electrons. The van der Waals surface area contributed by atoms with Gasteiger partial charge in [0.05, 0.1) is 31.2 Å². The van der Waals surface area contributed by atoms with Gasteiger partial charge in [0.25, 0.3) is 5.91 Å². The molecule has 3 aliphatic rings. The Balaban J connectivity index is 1.13. The minimum atomic E-state index is -0.906. The van der Waals surface area contributed by atoms with Crippen LogP contribution in [-0.2, 0) is 9.59 Å². The SMILES string of the molecule is COc1ccc2c(O[C@H]3CC[C@H](C(=O)N[C@]4(C(=O)NSC5CC5)CC4/C=C\CCCCN(C)CO)C3)cc(-n3ccc(C(C)C)n3)nc2c1C. The van der Waals surface area contributed by atoms with E-state index in [4.69, 9.17) is 19.6 Å². The summed E-state index contributed by atoms with van der Waals surface area (Å²) in [5.74, 6) is 1.94. The molecule has 2 amide bonds. The van der Waals surface area contributed by atoms with Crippen molar-refractivity contribution in [2.45, 2.75) is 101 Å². The quantitative estimate of drug-likeness (QED) is 0.0689. The van der Waals surface area contributed by atoms with Crippen LogP contribution in [0.1, 0.15) is 88.8 Å². The fourth-order valence-corrected chi connectivity index (χ4v) is 7.56. The Bertz CT molecular complexity index is 1710. The van der Waals surface area contributed by atoms with Crippen molar-refractivity contribution in [1.82, 2.24) is 29.7 Å². The molecular weight excluding hydrogens is 653 g/mol. The monoisotopic (exact) mass is 704 g/mol. The predicted molar refractivity (Wildman–Crippen MR) is 196 cm³/mol. The lowest BCUT2D eigenvalue weighted by Crippen LogP contribution is -2.50. The van der Waals surface area contributed by atoms with Crippen molar-refractivity contribution in [2.75, 3.05) is 27.4 Å². The van der Waals surface area contributed by atoms with Crippen LogP contribution in [0.4, 0.5) is 0 Å². The van der Waals surface area contributed by atoms with Gasteiger partial charge in [0.15, 0.2) is 5.82 Å². The number of aryl methyl sites for hydroxylation is 1. The number of fused-ring (bicyclic) bond motifs is 1. The number of carbonyl (C=O) groups is 2. The smallest absolute Gasteiger partial charge is 0.256 e. The number of pyridine rings is 1. The molecule has 6 rings (SSSR count). The summed E-state index contributed by atoms with van der Waals surface area (Å²) in [5.41, 5.74) is 1.78. The van der Waals surface area contributed by atoms with Gasteiger partial charge in [0.1, 0.15) is 17.0 Å². The van der Waals surface area contributed by atoms with E-state index < -0.39 is 5.54 Å². The highest BCUT2D eigenvalue weighted by molar-refractivity contribution is 7.98. The second-order valence-electron chi connectivity index (χ2n) is 14.5. The number of ether oxygens (including phenoxy) is 2. The topological polar surface area (TPSA) is 131 Å². The Kier molecular flexibility index (Phi) is 11.4. The number of rotatable bonds is 17. The van der Waals surface area contributed by atoms with Crippen LogP contribution < -0.4 is 19.5 Å². The van der Waals surface area contributed by atoms with Gasteiger partial charge in [-0.3, -0.25) is 19.2 Å². The van der Waals surface area contributed by atoms with E-state index in [1.165, 1.54) is 11.9 Å². The van der Waals surface area contributed by atoms with E-state index in [1.807, 2.05) is 49.3 Å². The highest BCUT2D eigenvalue weighted by Gasteiger charge is 2.60. The molecule has 12 heteroatoms. The fraction of sp³-hybridized carbons (Fsp3) is 0.579. The van der Waals surface area contributed by atoms with Gasteiger partial charge in [-0.15, -0.1) is 0 Å². The lowest BCUT2D eigenvalue weighted by molar-refractivity contribution is -0.131. The molecule has 0 aliphatic heterocycles. The third-order valence-electron chi connectivity index (χ3n) is 10.2. The number of unbranched alkanes of at least 4 members (excludes halogenated alkanes) is 2. The molecule has 3 aliphatic carbocycles. The van der Waals surface area contributed by atoms with Crippen LogP contribution in [0.5, 0.6) is 11.5 Å². The van der Waals surface area contributed by atoms with Gasteiger partial charge < -0.3 is 19.9 Å². The number of aliphatic hydroxyl groups excluding tert-OH is 1. The average molecular weight is 705 g/mol. The van der Waals surface area contributed by atoms with E-state index in [0.29, 0.717) is 36.1 Å². The van der Waals surface area contributed by atoms with E-state index >= 15 is 0 Å². The largest absolute Gasteiger partial charge is 0.496 e. The number of hydrogen-bond donors (Lipinski definition) is 3. The number of nitrogens with zero attached hydrogens (tertiary/aromatic N) is 4. The predicted octanol–water partition coefficient (Wildman–Crippen LogP) is 5.82. The number of aromatic nitrogens is 3. The van der Waals surface area contributed by atoms with Crippen LogP contribution >= 0.6 is 11.9 Å². The molecular formula is C38H52N6O5S. The van der Waals surface area contributed by atoms with E-state index in [9.17, 15) is 14.7 Å². The number of aliphatic hydroxyl groups is 1. The van der Waals surface area contributed by atoms with Gasteiger partial charge in [0, 0.05) is 40.3 Å². The lowest BCUT2D eigenvalue weighted by Gasteiger charge is -2.21. The van der Waals surface area contributed by atoms with Crippen LogP contribution in [0.3, 0.4) is 0 Å². The zero-order chi connectivity index (χ0) is 35.4. The lowest BCUT2D eigenvalue weighted by atomic mass is 10.0. The number of allylic oxidation sites excluding steroid dienone is 1. The molecule has 2 heterocycles. The molecule has 3 saturated carbocycles. The maximum absolute atomic E-state index is 13.8. The highest BCUT2D eigenvalue weighted by Crippen LogP contribution is 2.47. The minimum Gasteiger partial charge on any atom is -0.496 e. The van der Waals surface area contributed by atoms with E-state index in [0.717, 1.165) is 73.0 Å². The molecule has 2 aromatic heterocycles. The zero-order valence-corrected chi connectivity index (χ0v) is 30.8. The van der Waals surface area contributed by atoms with Crippen molar-refractivity contribution < 1.29 is 24.2 Å². The molecule has 0 radical (unpaired) electrons. The minimum absolute atomic E-state index is 0.0276. The van der Waals surface area contributed by atoms with Crippen molar-refractivity contribution in [3.63, 3.8) is 0 Å². The normalized spacial score (nSPS) is 23.2.